The predicted molar refractivity (Wildman–Crippen MR) is 79.3 cm³/mol. The average Bonchev–Trinajstić information content (AvgIpc) is 2.40. The Bertz CT molecular complexity index is 495. The van der Waals surface area contributed by atoms with Crippen LogP contribution >= 0.6 is 15.9 Å². The third kappa shape index (κ3) is 3.07. The number of hydrogen-bond donors (Lipinski definition) is 0. The van der Waals surface area contributed by atoms with Crippen molar-refractivity contribution in [2.24, 2.45) is 0 Å². The standard InChI is InChI=1S/C16H15Br/c1-13(11-12-17)14-7-9-16(10-8-14)15-5-3-2-4-6-15/h2-11H,12H2,1H3/b13-11+. The van der Waals surface area contributed by atoms with Gasteiger partial charge in [-0.2, -0.15) is 0 Å². The predicted octanol–water partition coefficient (Wildman–Crippen LogP) is 5.15. The van der Waals surface area contributed by atoms with E-state index in [0.717, 1.165) is 5.33 Å². The highest BCUT2D eigenvalue weighted by Crippen LogP contribution is 2.22. The van der Waals surface area contributed by atoms with Crippen molar-refractivity contribution in [1.29, 1.82) is 0 Å². The molecular formula is C16H15Br. The fraction of sp³-hybridized carbons (Fsp3) is 0.125. The lowest BCUT2D eigenvalue weighted by atomic mass is 10.0. The normalized spacial score (nSPS) is 11.5. The molecule has 0 atom stereocenters. The number of alkyl halides is 1. The lowest BCUT2D eigenvalue weighted by Crippen LogP contribution is -1.82. The van der Waals surface area contributed by atoms with Crippen LogP contribution in [0.25, 0.3) is 16.7 Å². The first-order valence-electron chi connectivity index (χ1n) is 5.70. The second-order valence-corrected chi connectivity index (χ2v) is 4.63. The summed E-state index contributed by atoms with van der Waals surface area (Å²) < 4.78 is 0. The lowest BCUT2D eigenvalue weighted by molar-refractivity contribution is 1.54. The van der Waals surface area contributed by atoms with Crippen molar-refractivity contribution in [3.63, 3.8) is 0 Å². The van der Waals surface area contributed by atoms with Gasteiger partial charge in [-0.3, -0.25) is 0 Å². The number of hydrogen-bond acceptors (Lipinski definition) is 0. The van der Waals surface area contributed by atoms with Crippen LogP contribution < -0.4 is 0 Å². The number of benzene rings is 2. The van der Waals surface area contributed by atoms with Crippen molar-refractivity contribution < 1.29 is 0 Å². The van der Waals surface area contributed by atoms with E-state index in [1.807, 2.05) is 6.07 Å². The summed E-state index contributed by atoms with van der Waals surface area (Å²) in [7, 11) is 0. The summed E-state index contributed by atoms with van der Waals surface area (Å²) in [5.74, 6) is 0. The van der Waals surface area contributed by atoms with Gasteiger partial charge in [-0.05, 0) is 29.2 Å². The molecule has 0 saturated carbocycles. The van der Waals surface area contributed by atoms with Gasteiger partial charge in [0.25, 0.3) is 0 Å². The number of allylic oxidation sites excluding steroid dienone is 2. The minimum absolute atomic E-state index is 0.902. The maximum Gasteiger partial charge on any atom is 0.0217 e. The smallest absolute Gasteiger partial charge is 0.0217 e. The summed E-state index contributed by atoms with van der Waals surface area (Å²) in [5.41, 5.74) is 5.12. The molecule has 0 unspecified atom stereocenters. The summed E-state index contributed by atoms with van der Waals surface area (Å²) in [5, 5.41) is 0.902. The van der Waals surface area contributed by atoms with Crippen LogP contribution in [0, 0.1) is 0 Å². The molecule has 0 saturated heterocycles. The highest BCUT2D eigenvalue weighted by molar-refractivity contribution is 9.09. The zero-order chi connectivity index (χ0) is 12.1. The first kappa shape index (κ1) is 12.1. The second kappa shape index (κ2) is 5.83. The Kier molecular flexibility index (Phi) is 4.16. The summed E-state index contributed by atoms with van der Waals surface area (Å²) >= 11 is 3.42. The monoisotopic (exact) mass is 286 g/mol. The molecule has 2 aromatic rings. The molecule has 0 bridgehead atoms. The molecule has 0 aliphatic heterocycles. The van der Waals surface area contributed by atoms with E-state index >= 15 is 0 Å². The van der Waals surface area contributed by atoms with E-state index in [2.05, 4.69) is 77.5 Å². The van der Waals surface area contributed by atoms with E-state index < -0.39 is 0 Å². The molecule has 0 aromatic heterocycles. The average molecular weight is 287 g/mol. The summed E-state index contributed by atoms with van der Waals surface area (Å²) in [6, 6.07) is 19.2. The molecule has 0 fully saturated rings. The van der Waals surface area contributed by atoms with E-state index in [1.54, 1.807) is 0 Å². The highest BCUT2D eigenvalue weighted by Gasteiger charge is 1.98. The molecule has 0 radical (unpaired) electrons. The maximum atomic E-state index is 3.42. The third-order valence-electron chi connectivity index (χ3n) is 2.83. The fourth-order valence-electron chi connectivity index (χ4n) is 1.79. The van der Waals surface area contributed by atoms with E-state index in [4.69, 9.17) is 0 Å². The molecule has 0 spiro atoms. The van der Waals surface area contributed by atoms with Crippen molar-refractivity contribution in [3.05, 3.63) is 66.2 Å². The number of rotatable bonds is 3. The van der Waals surface area contributed by atoms with Crippen LogP contribution in [-0.4, -0.2) is 5.33 Å². The van der Waals surface area contributed by atoms with Gasteiger partial charge in [0, 0.05) is 5.33 Å². The largest absolute Gasteiger partial charge is 0.0883 e. The minimum Gasteiger partial charge on any atom is -0.0883 e. The van der Waals surface area contributed by atoms with Crippen molar-refractivity contribution >= 4 is 21.5 Å². The molecule has 17 heavy (non-hydrogen) atoms. The molecule has 1 heteroatoms. The Morgan fingerprint density at radius 2 is 1.53 bits per heavy atom. The third-order valence-corrected chi connectivity index (χ3v) is 3.15. The molecule has 86 valence electrons. The van der Waals surface area contributed by atoms with Gasteiger partial charge in [-0.1, -0.05) is 76.6 Å². The molecule has 2 aromatic carbocycles. The molecule has 0 heterocycles. The van der Waals surface area contributed by atoms with Crippen LogP contribution in [-0.2, 0) is 0 Å². The zero-order valence-corrected chi connectivity index (χ0v) is 11.4. The first-order chi connectivity index (χ1) is 8.31. The molecule has 0 nitrogen and oxygen atoms in total. The quantitative estimate of drug-likeness (QED) is 0.685. The van der Waals surface area contributed by atoms with Gasteiger partial charge in [0.1, 0.15) is 0 Å². The molecular weight excluding hydrogens is 272 g/mol. The first-order valence-corrected chi connectivity index (χ1v) is 6.82. The van der Waals surface area contributed by atoms with Gasteiger partial charge in [0.05, 0.1) is 0 Å². The van der Waals surface area contributed by atoms with Crippen molar-refractivity contribution in [3.8, 4) is 11.1 Å². The summed E-state index contributed by atoms with van der Waals surface area (Å²) in [6.07, 6.45) is 2.18. The van der Waals surface area contributed by atoms with E-state index in [9.17, 15) is 0 Å². The van der Waals surface area contributed by atoms with E-state index in [1.165, 1.54) is 22.3 Å². The van der Waals surface area contributed by atoms with Gasteiger partial charge in [-0.25, -0.2) is 0 Å². The van der Waals surface area contributed by atoms with Crippen LogP contribution in [0.5, 0.6) is 0 Å². The Hall–Kier alpha value is -1.34. The van der Waals surface area contributed by atoms with E-state index in [-0.39, 0.29) is 0 Å². The Labute approximate surface area is 111 Å². The van der Waals surface area contributed by atoms with Crippen LogP contribution in [0.3, 0.4) is 0 Å². The van der Waals surface area contributed by atoms with Gasteiger partial charge < -0.3 is 0 Å². The minimum atomic E-state index is 0.902. The van der Waals surface area contributed by atoms with Crippen LogP contribution in [0.1, 0.15) is 12.5 Å². The Balaban J connectivity index is 2.28. The van der Waals surface area contributed by atoms with E-state index in [0.29, 0.717) is 0 Å². The highest BCUT2D eigenvalue weighted by atomic mass is 79.9. The molecule has 0 aliphatic rings. The van der Waals surface area contributed by atoms with Crippen molar-refractivity contribution in [2.75, 3.05) is 5.33 Å². The second-order valence-electron chi connectivity index (χ2n) is 3.98. The van der Waals surface area contributed by atoms with Crippen molar-refractivity contribution in [1.82, 2.24) is 0 Å². The van der Waals surface area contributed by atoms with Crippen LogP contribution in [0.4, 0.5) is 0 Å². The van der Waals surface area contributed by atoms with Crippen LogP contribution in [0.15, 0.2) is 60.7 Å². The molecule has 0 amide bonds. The summed E-state index contributed by atoms with van der Waals surface area (Å²) in [4.78, 5) is 0. The Morgan fingerprint density at radius 1 is 0.941 bits per heavy atom. The Morgan fingerprint density at radius 3 is 2.12 bits per heavy atom. The lowest BCUT2D eigenvalue weighted by Gasteiger charge is -2.04. The molecule has 0 N–H and O–H groups in total. The van der Waals surface area contributed by atoms with Gasteiger partial charge >= 0.3 is 0 Å². The SMILES string of the molecule is C/C(=C\CBr)c1ccc(-c2ccccc2)cc1. The zero-order valence-electron chi connectivity index (χ0n) is 9.86. The van der Waals surface area contributed by atoms with Gasteiger partial charge in [0.15, 0.2) is 0 Å². The molecule has 0 aliphatic carbocycles. The van der Waals surface area contributed by atoms with Crippen LogP contribution in [0.2, 0.25) is 0 Å². The fourth-order valence-corrected chi connectivity index (χ4v) is 2.28. The van der Waals surface area contributed by atoms with Crippen molar-refractivity contribution in [2.45, 2.75) is 6.92 Å². The molecule has 2 rings (SSSR count). The topological polar surface area (TPSA) is 0 Å². The summed E-state index contributed by atoms with van der Waals surface area (Å²) in [6.45, 7) is 2.14. The van der Waals surface area contributed by atoms with Gasteiger partial charge in [-0.15, -0.1) is 0 Å². The maximum absolute atomic E-state index is 3.42. The van der Waals surface area contributed by atoms with Gasteiger partial charge in [0.2, 0.25) is 0 Å². The number of halogens is 1.